The van der Waals surface area contributed by atoms with Gasteiger partial charge in [-0.1, -0.05) is 25.5 Å². The van der Waals surface area contributed by atoms with Crippen LogP contribution in [0.1, 0.15) is 31.7 Å². The highest BCUT2D eigenvalue weighted by atomic mass is 19.1. The molecule has 0 bridgehead atoms. The lowest BCUT2D eigenvalue weighted by Crippen LogP contribution is -2.36. The van der Waals surface area contributed by atoms with E-state index >= 15 is 0 Å². The van der Waals surface area contributed by atoms with Gasteiger partial charge in [-0.15, -0.1) is 0 Å². The highest BCUT2D eigenvalue weighted by molar-refractivity contribution is 5.33. The highest BCUT2D eigenvalue weighted by Crippen LogP contribution is 2.39. The van der Waals surface area contributed by atoms with Crippen LogP contribution in [0.3, 0.4) is 0 Å². The van der Waals surface area contributed by atoms with Gasteiger partial charge in [-0.25, -0.2) is 4.39 Å². The van der Waals surface area contributed by atoms with Gasteiger partial charge in [-0.2, -0.15) is 0 Å². The van der Waals surface area contributed by atoms with Crippen molar-refractivity contribution >= 4 is 0 Å². The van der Waals surface area contributed by atoms with Crippen LogP contribution in [0.5, 0.6) is 5.75 Å². The number of phenolic OH excluding ortho intramolecular Hbond substituents is 1. The SMILES string of the molecule is CC1(CNCc2cccc(F)c2O)CCC1. The summed E-state index contributed by atoms with van der Waals surface area (Å²) >= 11 is 0. The normalized spacial score (nSPS) is 18.1. The molecule has 0 radical (unpaired) electrons. The van der Waals surface area contributed by atoms with E-state index in [4.69, 9.17) is 0 Å². The first kappa shape index (κ1) is 11.4. The lowest BCUT2D eigenvalue weighted by molar-refractivity contribution is 0.156. The molecule has 0 spiro atoms. The Morgan fingerprint density at radius 1 is 1.44 bits per heavy atom. The maximum atomic E-state index is 13.0. The number of benzene rings is 1. The largest absolute Gasteiger partial charge is 0.505 e. The molecule has 0 aromatic heterocycles. The molecule has 2 nitrogen and oxygen atoms in total. The summed E-state index contributed by atoms with van der Waals surface area (Å²) in [6.45, 7) is 3.72. The van der Waals surface area contributed by atoms with Crippen LogP contribution in [0.4, 0.5) is 4.39 Å². The number of nitrogens with one attached hydrogen (secondary N) is 1. The third kappa shape index (κ3) is 2.35. The average molecular weight is 223 g/mol. The summed E-state index contributed by atoms with van der Waals surface area (Å²) in [6.07, 6.45) is 3.83. The molecule has 16 heavy (non-hydrogen) atoms. The predicted octanol–water partition coefficient (Wildman–Crippen LogP) is 2.81. The fourth-order valence-electron chi connectivity index (χ4n) is 2.16. The molecule has 0 saturated heterocycles. The smallest absolute Gasteiger partial charge is 0.165 e. The molecule has 0 atom stereocenters. The van der Waals surface area contributed by atoms with Crippen LogP contribution in [-0.2, 0) is 6.54 Å². The van der Waals surface area contributed by atoms with Gasteiger partial charge in [0.2, 0.25) is 0 Å². The van der Waals surface area contributed by atoms with Gasteiger partial charge in [0.1, 0.15) is 0 Å². The summed E-state index contributed by atoms with van der Waals surface area (Å²) in [5.74, 6) is -0.775. The summed E-state index contributed by atoms with van der Waals surface area (Å²) < 4.78 is 13.0. The second-order valence-corrected chi connectivity index (χ2v) is 5.02. The molecule has 1 fully saturated rings. The molecule has 0 heterocycles. The molecule has 2 N–H and O–H groups in total. The lowest BCUT2D eigenvalue weighted by Gasteiger charge is -2.38. The number of hydrogen-bond acceptors (Lipinski definition) is 2. The summed E-state index contributed by atoms with van der Waals surface area (Å²) in [4.78, 5) is 0. The second kappa shape index (κ2) is 4.42. The van der Waals surface area contributed by atoms with E-state index in [1.165, 1.54) is 25.3 Å². The Kier molecular flexibility index (Phi) is 3.15. The molecular weight excluding hydrogens is 205 g/mol. The highest BCUT2D eigenvalue weighted by Gasteiger charge is 2.30. The second-order valence-electron chi connectivity index (χ2n) is 5.02. The van der Waals surface area contributed by atoms with E-state index in [1.54, 1.807) is 12.1 Å². The van der Waals surface area contributed by atoms with Crippen molar-refractivity contribution in [1.29, 1.82) is 0 Å². The number of halogens is 1. The molecule has 3 heteroatoms. The zero-order valence-electron chi connectivity index (χ0n) is 9.59. The minimum atomic E-state index is -0.547. The third-order valence-electron chi connectivity index (χ3n) is 3.50. The van der Waals surface area contributed by atoms with E-state index in [1.807, 2.05) is 0 Å². The van der Waals surface area contributed by atoms with Gasteiger partial charge in [0.05, 0.1) is 0 Å². The van der Waals surface area contributed by atoms with Gasteiger partial charge in [-0.05, 0) is 24.3 Å². The van der Waals surface area contributed by atoms with Crippen LogP contribution < -0.4 is 5.32 Å². The minimum Gasteiger partial charge on any atom is -0.505 e. The number of phenols is 1. The van der Waals surface area contributed by atoms with Crippen molar-refractivity contribution in [3.8, 4) is 5.75 Å². The van der Waals surface area contributed by atoms with Crippen LogP contribution in [0, 0.1) is 11.2 Å². The zero-order valence-corrected chi connectivity index (χ0v) is 9.59. The number of rotatable bonds is 4. The van der Waals surface area contributed by atoms with E-state index in [0.29, 0.717) is 17.5 Å². The topological polar surface area (TPSA) is 32.3 Å². The standard InChI is InChI=1S/C13H18FNO/c1-13(6-3-7-13)9-15-8-10-4-2-5-11(14)12(10)16/h2,4-5,15-16H,3,6-9H2,1H3. The fraction of sp³-hybridized carbons (Fsp3) is 0.538. The maximum absolute atomic E-state index is 13.0. The third-order valence-corrected chi connectivity index (χ3v) is 3.50. The van der Waals surface area contributed by atoms with Crippen LogP contribution >= 0.6 is 0 Å². The Labute approximate surface area is 95.5 Å². The molecule has 0 amide bonds. The van der Waals surface area contributed by atoms with Gasteiger partial charge < -0.3 is 10.4 Å². The molecule has 1 aromatic carbocycles. The monoisotopic (exact) mass is 223 g/mol. The number of hydrogen-bond donors (Lipinski definition) is 2. The van der Waals surface area contributed by atoms with Crippen molar-refractivity contribution in [2.75, 3.05) is 6.54 Å². The molecule has 1 saturated carbocycles. The number of aromatic hydroxyl groups is 1. The summed E-state index contributed by atoms with van der Waals surface area (Å²) in [7, 11) is 0. The first-order chi connectivity index (χ1) is 7.61. The average Bonchev–Trinajstić information content (AvgIpc) is 2.22. The van der Waals surface area contributed by atoms with Crippen LogP contribution in [-0.4, -0.2) is 11.7 Å². The zero-order chi connectivity index (χ0) is 11.6. The Morgan fingerprint density at radius 3 is 2.81 bits per heavy atom. The van der Waals surface area contributed by atoms with Gasteiger partial charge in [0.25, 0.3) is 0 Å². The molecule has 1 aliphatic carbocycles. The van der Waals surface area contributed by atoms with Crippen molar-refractivity contribution in [1.82, 2.24) is 5.32 Å². The minimum absolute atomic E-state index is 0.228. The Hall–Kier alpha value is -1.09. The Bertz CT molecular complexity index is 374. The predicted molar refractivity (Wildman–Crippen MR) is 61.7 cm³/mol. The van der Waals surface area contributed by atoms with Crippen LogP contribution in [0.25, 0.3) is 0 Å². The van der Waals surface area contributed by atoms with E-state index in [2.05, 4.69) is 12.2 Å². The van der Waals surface area contributed by atoms with Gasteiger partial charge in [0.15, 0.2) is 11.6 Å². The van der Waals surface area contributed by atoms with Gasteiger partial charge in [-0.3, -0.25) is 0 Å². The van der Waals surface area contributed by atoms with Crippen LogP contribution in [0.15, 0.2) is 18.2 Å². The van der Waals surface area contributed by atoms with E-state index in [-0.39, 0.29) is 5.75 Å². The summed E-state index contributed by atoms with van der Waals surface area (Å²) in [5, 5.41) is 12.8. The quantitative estimate of drug-likeness (QED) is 0.822. The van der Waals surface area contributed by atoms with Crippen molar-refractivity contribution < 1.29 is 9.50 Å². The van der Waals surface area contributed by atoms with Gasteiger partial charge >= 0.3 is 0 Å². The van der Waals surface area contributed by atoms with Crippen molar-refractivity contribution in [2.45, 2.75) is 32.7 Å². The van der Waals surface area contributed by atoms with E-state index < -0.39 is 5.82 Å². The lowest BCUT2D eigenvalue weighted by atomic mass is 9.70. The van der Waals surface area contributed by atoms with Crippen molar-refractivity contribution in [3.63, 3.8) is 0 Å². The molecule has 0 unspecified atom stereocenters. The Morgan fingerprint density at radius 2 is 2.19 bits per heavy atom. The van der Waals surface area contributed by atoms with Crippen molar-refractivity contribution in [2.24, 2.45) is 5.41 Å². The van der Waals surface area contributed by atoms with Crippen molar-refractivity contribution in [3.05, 3.63) is 29.6 Å². The van der Waals surface area contributed by atoms with Crippen LogP contribution in [0.2, 0.25) is 0 Å². The molecule has 0 aliphatic heterocycles. The first-order valence-corrected chi connectivity index (χ1v) is 5.78. The fourth-order valence-corrected chi connectivity index (χ4v) is 2.16. The summed E-state index contributed by atoms with van der Waals surface area (Å²) in [6, 6.07) is 4.64. The number of para-hydroxylation sites is 1. The maximum Gasteiger partial charge on any atom is 0.165 e. The molecule has 2 rings (SSSR count). The molecule has 1 aliphatic rings. The molecule has 1 aromatic rings. The van der Waals surface area contributed by atoms with Gasteiger partial charge in [0, 0.05) is 18.7 Å². The first-order valence-electron chi connectivity index (χ1n) is 5.78. The Balaban J connectivity index is 1.87. The van der Waals surface area contributed by atoms with E-state index in [9.17, 15) is 9.50 Å². The molecule has 88 valence electrons. The molecular formula is C13H18FNO. The van der Waals surface area contributed by atoms with E-state index in [0.717, 1.165) is 6.54 Å². The summed E-state index contributed by atoms with van der Waals surface area (Å²) in [5.41, 5.74) is 1.03.